The summed E-state index contributed by atoms with van der Waals surface area (Å²) in [6.45, 7) is 0. The first-order chi connectivity index (χ1) is 12.7. The number of hydrogen-bond acceptors (Lipinski definition) is 6. The molecule has 1 fully saturated rings. The third-order valence-corrected chi connectivity index (χ3v) is 6.01. The van der Waals surface area contributed by atoms with E-state index in [1.165, 1.54) is 23.5 Å². The molecule has 3 heterocycles. The van der Waals surface area contributed by atoms with E-state index in [-0.39, 0.29) is 12.3 Å². The number of fused-ring (bicyclic) bond motifs is 1. The summed E-state index contributed by atoms with van der Waals surface area (Å²) in [5.41, 5.74) is 4.05. The number of hydrogen-bond donors (Lipinski definition) is 1. The minimum Gasteiger partial charge on any atom is -0.358 e. The van der Waals surface area contributed by atoms with Crippen molar-refractivity contribution in [1.82, 2.24) is 9.97 Å². The Labute approximate surface area is 155 Å². The Morgan fingerprint density at radius 1 is 1.08 bits per heavy atom. The van der Waals surface area contributed by atoms with Crippen LogP contribution in [-0.2, 0) is 4.74 Å². The zero-order chi connectivity index (χ0) is 17.7. The first-order valence-electron chi connectivity index (χ1n) is 7.84. The van der Waals surface area contributed by atoms with E-state index in [1.807, 2.05) is 24.4 Å². The Hall–Kier alpha value is -2.42. The van der Waals surface area contributed by atoms with Crippen LogP contribution in [0.1, 0.15) is 11.0 Å². The lowest BCUT2D eigenvalue weighted by molar-refractivity contribution is 0.388. The lowest BCUT2D eigenvalue weighted by Crippen LogP contribution is -2.03. The van der Waals surface area contributed by atoms with Crippen LogP contribution in [0.15, 0.2) is 48.1 Å². The number of halogens is 2. The van der Waals surface area contributed by atoms with Crippen molar-refractivity contribution in [2.45, 2.75) is 12.3 Å². The first kappa shape index (κ1) is 15.8. The van der Waals surface area contributed by atoms with Crippen molar-refractivity contribution in [3.63, 3.8) is 0 Å². The van der Waals surface area contributed by atoms with E-state index >= 15 is 0 Å². The standard InChI is InChI=1S/C18H11F2N3OS2/c19-11-3-1-9(5-12(11)20)18-23-13-6-10(2-4-14(13)26-18)22-17-16(24-17)15-7-21-8-25-15/h1-8,16-17,22H. The van der Waals surface area contributed by atoms with Crippen LogP contribution >= 0.6 is 22.7 Å². The predicted molar refractivity (Wildman–Crippen MR) is 98.3 cm³/mol. The molecule has 1 N–H and O–H groups in total. The van der Waals surface area contributed by atoms with Gasteiger partial charge in [-0.05, 0) is 36.4 Å². The molecule has 2 aromatic carbocycles. The molecule has 0 bridgehead atoms. The van der Waals surface area contributed by atoms with Gasteiger partial charge in [-0.2, -0.15) is 0 Å². The van der Waals surface area contributed by atoms with E-state index in [1.54, 1.807) is 16.8 Å². The van der Waals surface area contributed by atoms with Gasteiger partial charge in [-0.15, -0.1) is 22.7 Å². The van der Waals surface area contributed by atoms with Crippen molar-refractivity contribution in [1.29, 1.82) is 0 Å². The van der Waals surface area contributed by atoms with Crippen molar-refractivity contribution < 1.29 is 13.5 Å². The Morgan fingerprint density at radius 3 is 2.81 bits per heavy atom. The molecule has 2 aromatic heterocycles. The number of benzene rings is 2. The highest BCUT2D eigenvalue weighted by Gasteiger charge is 2.41. The Kier molecular flexibility index (Phi) is 3.70. The van der Waals surface area contributed by atoms with E-state index in [0.29, 0.717) is 10.6 Å². The van der Waals surface area contributed by atoms with Crippen molar-refractivity contribution in [2.24, 2.45) is 0 Å². The molecular formula is C18H11F2N3OS2. The number of epoxide rings is 1. The molecule has 0 aliphatic carbocycles. The molecule has 5 rings (SSSR count). The Bertz CT molecular complexity index is 1100. The van der Waals surface area contributed by atoms with Gasteiger partial charge in [0, 0.05) is 17.4 Å². The lowest BCUT2D eigenvalue weighted by Gasteiger charge is -2.01. The van der Waals surface area contributed by atoms with Gasteiger partial charge in [-0.3, -0.25) is 4.98 Å². The summed E-state index contributed by atoms with van der Waals surface area (Å²) in [6, 6.07) is 9.68. The molecule has 4 nitrogen and oxygen atoms in total. The van der Waals surface area contributed by atoms with Crippen LogP contribution in [0.5, 0.6) is 0 Å². The normalized spacial score (nSPS) is 19.0. The minimum absolute atomic E-state index is 0.0337. The van der Waals surface area contributed by atoms with E-state index in [0.717, 1.165) is 26.8 Å². The van der Waals surface area contributed by atoms with Crippen LogP contribution in [0.3, 0.4) is 0 Å². The summed E-state index contributed by atoms with van der Waals surface area (Å²) in [4.78, 5) is 9.71. The molecule has 0 saturated carbocycles. The molecule has 4 aromatic rings. The molecule has 1 aliphatic rings. The van der Waals surface area contributed by atoms with Crippen molar-refractivity contribution in [2.75, 3.05) is 5.32 Å². The molecule has 0 radical (unpaired) electrons. The third kappa shape index (κ3) is 2.86. The van der Waals surface area contributed by atoms with Gasteiger partial charge in [0.25, 0.3) is 0 Å². The van der Waals surface area contributed by atoms with E-state index in [2.05, 4.69) is 15.3 Å². The number of rotatable bonds is 4. The molecule has 130 valence electrons. The molecule has 0 spiro atoms. The molecule has 1 saturated heterocycles. The fraction of sp³-hybridized carbons (Fsp3) is 0.111. The molecule has 2 atom stereocenters. The summed E-state index contributed by atoms with van der Waals surface area (Å²) in [5.74, 6) is -1.73. The van der Waals surface area contributed by atoms with E-state index in [9.17, 15) is 8.78 Å². The van der Waals surface area contributed by atoms with Gasteiger partial charge >= 0.3 is 0 Å². The fourth-order valence-electron chi connectivity index (χ4n) is 2.74. The van der Waals surface area contributed by atoms with Crippen molar-refractivity contribution >= 4 is 38.6 Å². The number of anilines is 1. The van der Waals surface area contributed by atoms with Gasteiger partial charge in [-0.25, -0.2) is 13.8 Å². The maximum Gasteiger partial charge on any atom is 0.160 e. The topological polar surface area (TPSA) is 50.3 Å². The van der Waals surface area contributed by atoms with Crippen LogP contribution in [-0.4, -0.2) is 16.2 Å². The minimum atomic E-state index is -0.871. The number of nitrogens with zero attached hydrogens (tertiary/aromatic N) is 2. The van der Waals surface area contributed by atoms with Gasteiger partial charge in [0.2, 0.25) is 0 Å². The fourth-order valence-corrected chi connectivity index (χ4v) is 4.36. The maximum absolute atomic E-state index is 13.5. The smallest absolute Gasteiger partial charge is 0.160 e. The summed E-state index contributed by atoms with van der Waals surface area (Å²) >= 11 is 3.01. The zero-order valence-corrected chi connectivity index (χ0v) is 14.8. The Balaban J connectivity index is 1.39. The number of aromatic nitrogens is 2. The highest BCUT2D eigenvalue weighted by Crippen LogP contribution is 2.41. The zero-order valence-electron chi connectivity index (χ0n) is 13.1. The lowest BCUT2D eigenvalue weighted by atomic mass is 10.2. The van der Waals surface area contributed by atoms with E-state index < -0.39 is 11.6 Å². The second kappa shape index (κ2) is 6.08. The summed E-state index contributed by atoms with van der Waals surface area (Å²) in [7, 11) is 0. The Morgan fingerprint density at radius 2 is 2.00 bits per heavy atom. The van der Waals surface area contributed by atoms with Crippen LogP contribution < -0.4 is 5.32 Å². The largest absolute Gasteiger partial charge is 0.358 e. The highest BCUT2D eigenvalue weighted by molar-refractivity contribution is 7.21. The van der Waals surface area contributed by atoms with Gasteiger partial charge < -0.3 is 10.1 Å². The number of ether oxygens (including phenoxy) is 1. The molecule has 2 unspecified atom stereocenters. The van der Waals surface area contributed by atoms with E-state index in [4.69, 9.17) is 4.74 Å². The quantitative estimate of drug-likeness (QED) is 0.489. The maximum atomic E-state index is 13.5. The van der Waals surface area contributed by atoms with Crippen LogP contribution in [0, 0.1) is 11.6 Å². The third-order valence-electron chi connectivity index (χ3n) is 4.09. The highest BCUT2D eigenvalue weighted by atomic mass is 32.1. The van der Waals surface area contributed by atoms with Crippen LogP contribution in [0.2, 0.25) is 0 Å². The first-order valence-corrected chi connectivity index (χ1v) is 9.53. The van der Waals surface area contributed by atoms with Crippen LogP contribution in [0.4, 0.5) is 14.5 Å². The monoisotopic (exact) mass is 387 g/mol. The second-order valence-electron chi connectivity index (χ2n) is 5.86. The molecule has 26 heavy (non-hydrogen) atoms. The number of nitrogens with one attached hydrogen (secondary N) is 1. The average molecular weight is 387 g/mol. The average Bonchev–Trinajstić information content (AvgIpc) is 3.05. The van der Waals surface area contributed by atoms with Crippen molar-refractivity contribution in [3.05, 3.63) is 64.6 Å². The molecular weight excluding hydrogens is 376 g/mol. The molecule has 8 heteroatoms. The number of thiazole rings is 2. The summed E-state index contributed by atoms with van der Waals surface area (Å²) in [5, 5.41) is 3.98. The molecule has 0 amide bonds. The van der Waals surface area contributed by atoms with Gasteiger partial charge in [0.05, 0.1) is 20.6 Å². The molecule has 1 aliphatic heterocycles. The van der Waals surface area contributed by atoms with Crippen molar-refractivity contribution in [3.8, 4) is 10.6 Å². The summed E-state index contributed by atoms with van der Waals surface area (Å²) in [6.07, 6.45) is 1.78. The summed E-state index contributed by atoms with van der Waals surface area (Å²) < 4.78 is 33.2. The van der Waals surface area contributed by atoms with Gasteiger partial charge in [-0.1, -0.05) is 0 Å². The van der Waals surface area contributed by atoms with Crippen LogP contribution in [0.25, 0.3) is 20.8 Å². The van der Waals surface area contributed by atoms with Gasteiger partial charge in [0.15, 0.2) is 17.9 Å². The van der Waals surface area contributed by atoms with Gasteiger partial charge in [0.1, 0.15) is 11.1 Å². The SMILES string of the molecule is Fc1ccc(-c2nc3cc(NC4OC4c4cncs4)ccc3s2)cc1F. The predicted octanol–water partition coefficient (Wildman–Crippen LogP) is 5.21. The second-order valence-corrected chi connectivity index (χ2v) is 7.80.